The molecule has 0 spiro atoms. The average molecular weight is 317 g/mol. The molecule has 0 heterocycles. The molecule has 2 aromatic carbocycles. The van der Waals surface area contributed by atoms with Gasteiger partial charge in [-0.1, -0.05) is 47.0 Å². The van der Waals surface area contributed by atoms with E-state index in [0.29, 0.717) is 0 Å². The molecule has 0 unspecified atom stereocenters. The minimum absolute atomic E-state index is 0.0378. The third-order valence-electron chi connectivity index (χ3n) is 2.89. The quantitative estimate of drug-likeness (QED) is 0.451. The fraction of sp³-hybridized carbons (Fsp3) is 0.133. The molecule has 0 amide bonds. The highest BCUT2D eigenvalue weighted by atomic mass is 35.5. The van der Waals surface area contributed by atoms with Crippen molar-refractivity contribution in [1.29, 1.82) is 5.26 Å². The fourth-order valence-electron chi connectivity index (χ4n) is 1.85. The Hall–Kier alpha value is -2.74. The number of benzene rings is 2. The van der Waals surface area contributed by atoms with Gasteiger partial charge < -0.3 is 4.74 Å². The smallest absolute Gasteiger partial charge is 0.142 e. The molecule has 0 radical (unpaired) electrons. The van der Waals surface area contributed by atoms with Crippen molar-refractivity contribution in [3.8, 4) is 11.8 Å². The number of nitrogens with zero attached hydrogens (tertiary/aromatic N) is 4. The lowest BCUT2D eigenvalue weighted by Gasteiger charge is -2.18. The first-order chi connectivity index (χ1) is 10.7. The van der Waals surface area contributed by atoms with E-state index in [1.807, 2.05) is 18.2 Å². The van der Waals surface area contributed by atoms with Crippen molar-refractivity contribution in [2.45, 2.75) is 6.10 Å². The standard InChI is InChI=1S/C15H10ClFN4O/c16-12-7-13(17)11(8-18)6-14(12)22-15(9-20-21-19)10-4-2-1-3-5-10/h1-7,15H,9H2/t15-/m1/s1. The maximum absolute atomic E-state index is 13.5. The largest absolute Gasteiger partial charge is 0.484 e. The normalized spacial score (nSPS) is 11.1. The summed E-state index contributed by atoms with van der Waals surface area (Å²) in [4.78, 5) is 2.71. The zero-order valence-corrected chi connectivity index (χ0v) is 12.0. The average Bonchev–Trinajstić information content (AvgIpc) is 2.54. The molecule has 0 fully saturated rings. The minimum Gasteiger partial charge on any atom is -0.484 e. The van der Waals surface area contributed by atoms with Crippen LogP contribution in [0.3, 0.4) is 0 Å². The highest BCUT2D eigenvalue weighted by Gasteiger charge is 2.16. The molecule has 2 rings (SSSR count). The van der Waals surface area contributed by atoms with Gasteiger partial charge in [0.1, 0.15) is 23.7 Å². The molecule has 0 N–H and O–H groups in total. The van der Waals surface area contributed by atoms with Gasteiger partial charge >= 0.3 is 0 Å². The number of rotatable bonds is 5. The van der Waals surface area contributed by atoms with E-state index < -0.39 is 11.9 Å². The predicted molar refractivity (Wildman–Crippen MR) is 79.9 cm³/mol. The molecule has 22 heavy (non-hydrogen) atoms. The van der Waals surface area contributed by atoms with Crippen LogP contribution in [0.25, 0.3) is 10.4 Å². The van der Waals surface area contributed by atoms with Gasteiger partial charge in [0.25, 0.3) is 0 Å². The molecule has 2 aromatic rings. The fourth-order valence-corrected chi connectivity index (χ4v) is 2.04. The molecule has 0 aliphatic carbocycles. The van der Waals surface area contributed by atoms with Gasteiger partial charge in [-0.15, -0.1) is 0 Å². The van der Waals surface area contributed by atoms with Crippen LogP contribution in [-0.4, -0.2) is 6.54 Å². The summed E-state index contributed by atoms with van der Waals surface area (Å²) in [5, 5.41) is 12.4. The molecular weight excluding hydrogens is 307 g/mol. The van der Waals surface area contributed by atoms with Gasteiger partial charge in [0.15, 0.2) is 0 Å². The number of azide groups is 1. The van der Waals surface area contributed by atoms with Crippen molar-refractivity contribution in [2.75, 3.05) is 6.54 Å². The topological polar surface area (TPSA) is 81.8 Å². The second-order valence-electron chi connectivity index (χ2n) is 4.30. The lowest BCUT2D eigenvalue weighted by molar-refractivity contribution is 0.214. The third kappa shape index (κ3) is 3.67. The maximum atomic E-state index is 13.5. The molecular formula is C15H10ClFN4O. The van der Waals surface area contributed by atoms with E-state index in [-0.39, 0.29) is 22.9 Å². The van der Waals surface area contributed by atoms with Gasteiger partial charge in [-0.25, -0.2) is 4.39 Å². The lowest BCUT2D eigenvalue weighted by atomic mass is 10.1. The van der Waals surface area contributed by atoms with E-state index in [9.17, 15) is 4.39 Å². The van der Waals surface area contributed by atoms with Gasteiger partial charge in [-0.2, -0.15) is 5.26 Å². The second kappa shape index (κ2) is 7.32. The van der Waals surface area contributed by atoms with Crippen LogP contribution in [-0.2, 0) is 0 Å². The van der Waals surface area contributed by atoms with Crippen LogP contribution < -0.4 is 4.74 Å². The van der Waals surface area contributed by atoms with Crippen LogP contribution in [0.1, 0.15) is 17.2 Å². The van der Waals surface area contributed by atoms with Crippen LogP contribution >= 0.6 is 11.6 Å². The molecule has 0 aliphatic rings. The van der Waals surface area contributed by atoms with Crippen molar-refractivity contribution >= 4 is 11.6 Å². The van der Waals surface area contributed by atoms with Crippen LogP contribution in [0.5, 0.6) is 5.75 Å². The van der Waals surface area contributed by atoms with E-state index in [0.717, 1.165) is 11.6 Å². The Balaban J connectivity index is 2.35. The summed E-state index contributed by atoms with van der Waals surface area (Å²) in [6.45, 7) is 0.0378. The van der Waals surface area contributed by atoms with E-state index >= 15 is 0 Å². The summed E-state index contributed by atoms with van der Waals surface area (Å²) in [5.74, 6) is -0.562. The van der Waals surface area contributed by atoms with Gasteiger partial charge in [-0.05, 0) is 17.2 Å². The van der Waals surface area contributed by atoms with Gasteiger partial charge in [-0.3, -0.25) is 0 Å². The molecule has 0 saturated heterocycles. The Morgan fingerprint density at radius 1 is 1.36 bits per heavy atom. The summed E-state index contributed by atoms with van der Waals surface area (Å²) >= 11 is 5.95. The molecule has 7 heteroatoms. The van der Waals surface area contributed by atoms with Gasteiger partial charge in [0.2, 0.25) is 0 Å². The van der Waals surface area contributed by atoms with E-state index in [2.05, 4.69) is 10.0 Å². The molecule has 5 nitrogen and oxygen atoms in total. The van der Waals surface area contributed by atoms with E-state index in [4.69, 9.17) is 27.1 Å². The molecule has 0 saturated carbocycles. The van der Waals surface area contributed by atoms with Crippen molar-refractivity contribution < 1.29 is 9.13 Å². The van der Waals surface area contributed by atoms with Gasteiger partial charge in [0, 0.05) is 11.0 Å². The predicted octanol–water partition coefficient (Wildman–Crippen LogP) is 4.78. The number of hydrogen-bond acceptors (Lipinski definition) is 3. The van der Waals surface area contributed by atoms with Crippen molar-refractivity contribution in [3.63, 3.8) is 0 Å². The lowest BCUT2D eigenvalue weighted by Crippen LogP contribution is -2.11. The Morgan fingerprint density at radius 2 is 2.09 bits per heavy atom. The molecule has 0 aliphatic heterocycles. The van der Waals surface area contributed by atoms with Crippen LogP contribution in [0.4, 0.5) is 4.39 Å². The maximum Gasteiger partial charge on any atom is 0.142 e. The van der Waals surface area contributed by atoms with Crippen molar-refractivity contribution in [1.82, 2.24) is 0 Å². The van der Waals surface area contributed by atoms with Crippen LogP contribution in [0, 0.1) is 17.1 Å². The highest BCUT2D eigenvalue weighted by Crippen LogP contribution is 2.31. The first-order valence-electron chi connectivity index (χ1n) is 6.27. The highest BCUT2D eigenvalue weighted by molar-refractivity contribution is 6.32. The van der Waals surface area contributed by atoms with Crippen LogP contribution in [0.15, 0.2) is 47.6 Å². The van der Waals surface area contributed by atoms with Crippen molar-refractivity contribution in [3.05, 3.63) is 74.9 Å². The molecule has 0 aromatic heterocycles. The Kier molecular flexibility index (Phi) is 5.21. The number of halogens is 2. The summed E-state index contributed by atoms with van der Waals surface area (Å²) in [5.41, 5.74) is 9.09. The summed E-state index contributed by atoms with van der Waals surface area (Å²) in [6.07, 6.45) is -0.591. The Labute approximate surface area is 131 Å². The summed E-state index contributed by atoms with van der Waals surface area (Å²) < 4.78 is 19.2. The van der Waals surface area contributed by atoms with Crippen LogP contribution in [0.2, 0.25) is 5.02 Å². The minimum atomic E-state index is -0.717. The SMILES string of the molecule is N#Cc1cc(O[C@H](CN=[N+]=[N-])c2ccccc2)c(Cl)cc1F. The summed E-state index contributed by atoms with van der Waals surface area (Å²) in [7, 11) is 0. The third-order valence-corrected chi connectivity index (χ3v) is 3.19. The first kappa shape index (κ1) is 15.6. The summed E-state index contributed by atoms with van der Waals surface area (Å²) in [6, 6.07) is 13.0. The van der Waals surface area contributed by atoms with Crippen molar-refractivity contribution in [2.24, 2.45) is 5.11 Å². The second-order valence-corrected chi connectivity index (χ2v) is 4.71. The zero-order chi connectivity index (χ0) is 15.9. The Morgan fingerprint density at radius 3 is 2.73 bits per heavy atom. The van der Waals surface area contributed by atoms with Gasteiger partial charge in [0.05, 0.1) is 17.1 Å². The number of ether oxygens (including phenoxy) is 1. The molecule has 1 atom stereocenters. The monoisotopic (exact) mass is 316 g/mol. The first-order valence-corrected chi connectivity index (χ1v) is 6.65. The molecule has 0 bridgehead atoms. The number of hydrogen-bond donors (Lipinski definition) is 0. The molecule has 110 valence electrons. The number of nitriles is 1. The van der Waals surface area contributed by atoms with E-state index in [1.54, 1.807) is 18.2 Å². The Bertz CT molecular complexity index is 754. The zero-order valence-electron chi connectivity index (χ0n) is 11.3. The van der Waals surface area contributed by atoms with E-state index in [1.165, 1.54) is 6.07 Å².